The van der Waals surface area contributed by atoms with Gasteiger partial charge in [-0.3, -0.25) is 9.78 Å². The zero-order chi connectivity index (χ0) is 30.6. The summed E-state index contributed by atoms with van der Waals surface area (Å²) in [5, 5.41) is 7.12. The first-order valence-corrected chi connectivity index (χ1v) is 15.4. The number of pyridine rings is 1. The number of anilines is 2. The van der Waals surface area contributed by atoms with Gasteiger partial charge in [0, 0.05) is 55.0 Å². The standard InChI is InChI=1S/C34H38N6O3S/c1-23-22-27(24(2)40(23)26-13-11-25(12-14-26)38-18-20-43-21-19-38)33-32(29-9-6-7-16-35-29)37-34(44)39(33)17-15-31(41)36-28-8-4-5-10-30(28)42-3/h4-14,16,22,32-33H,15,17-21H2,1-3H3,(H,36,41)(H,37,44). The predicted molar refractivity (Wildman–Crippen MR) is 177 cm³/mol. The van der Waals surface area contributed by atoms with Gasteiger partial charge >= 0.3 is 0 Å². The van der Waals surface area contributed by atoms with Crippen LogP contribution in [0.25, 0.3) is 5.69 Å². The smallest absolute Gasteiger partial charge is 0.226 e. The van der Waals surface area contributed by atoms with Gasteiger partial charge in [-0.15, -0.1) is 0 Å². The van der Waals surface area contributed by atoms with Crippen LogP contribution in [0.3, 0.4) is 0 Å². The van der Waals surface area contributed by atoms with Crippen molar-refractivity contribution in [2.45, 2.75) is 32.4 Å². The Morgan fingerprint density at radius 2 is 1.77 bits per heavy atom. The van der Waals surface area contributed by atoms with Crippen LogP contribution in [0.2, 0.25) is 0 Å². The fourth-order valence-corrected chi connectivity index (χ4v) is 6.62. The summed E-state index contributed by atoms with van der Waals surface area (Å²) in [7, 11) is 1.59. The topological polar surface area (TPSA) is 83.9 Å². The highest BCUT2D eigenvalue weighted by atomic mass is 32.1. The van der Waals surface area contributed by atoms with Crippen molar-refractivity contribution in [3.8, 4) is 11.4 Å². The Kier molecular flexibility index (Phi) is 8.81. The molecule has 2 aliphatic rings. The number of ether oxygens (including phenoxy) is 2. The van der Waals surface area contributed by atoms with Crippen molar-refractivity contribution in [3.05, 3.63) is 102 Å². The minimum absolute atomic E-state index is 0.108. The Morgan fingerprint density at radius 3 is 2.50 bits per heavy atom. The fourth-order valence-electron chi connectivity index (χ4n) is 6.29. The van der Waals surface area contributed by atoms with Crippen molar-refractivity contribution in [1.82, 2.24) is 19.8 Å². The lowest BCUT2D eigenvalue weighted by Crippen LogP contribution is -2.36. The highest BCUT2D eigenvalue weighted by Crippen LogP contribution is 2.41. The number of para-hydroxylation sites is 2. The summed E-state index contributed by atoms with van der Waals surface area (Å²) in [4.78, 5) is 22.3. The highest BCUT2D eigenvalue weighted by molar-refractivity contribution is 7.80. The molecule has 2 unspecified atom stereocenters. The van der Waals surface area contributed by atoms with Gasteiger partial charge < -0.3 is 34.5 Å². The maximum Gasteiger partial charge on any atom is 0.226 e. The predicted octanol–water partition coefficient (Wildman–Crippen LogP) is 5.34. The number of nitrogens with zero attached hydrogens (tertiary/aromatic N) is 4. The molecule has 0 saturated carbocycles. The molecule has 0 spiro atoms. The van der Waals surface area contributed by atoms with E-state index in [1.54, 1.807) is 13.3 Å². The Hall–Kier alpha value is -4.41. The Balaban J connectivity index is 1.28. The van der Waals surface area contributed by atoms with Crippen LogP contribution in [0.4, 0.5) is 11.4 Å². The molecule has 2 N–H and O–H groups in total. The lowest BCUT2D eigenvalue weighted by molar-refractivity contribution is -0.116. The van der Waals surface area contributed by atoms with E-state index in [0.29, 0.717) is 23.1 Å². The number of nitrogens with one attached hydrogen (secondary N) is 2. The third-order valence-electron chi connectivity index (χ3n) is 8.43. The van der Waals surface area contributed by atoms with E-state index in [4.69, 9.17) is 21.7 Å². The summed E-state index contributed by atoms with van der Waals surface area (Å²) < 4.78 is 13.2. The van der Waals surface area contributed by atoms with E-state index in [2.05, 4.69) is 74.2 Å². The van der Waals surface area contributed by atoms with Crippen molar-refractivity contribution in [1.29, 1.82) is 0 Å². The van der Waals surface area contributed by atoms with Crippen molar-refractivity contribution in [2.24, 2.45) is 0 Å². The van der Waals surface area contributed by atoms with E-state index in [1.807, 2.05) is 42.5 Å². The molecular formula is C34H38N6O3S. The zero-order valence-corrected chi connectivity index (χ0v) is 26.1. The second kappa shape index (κ2) is 13.1. The summed E-state index contributed by atoms with van der Waals surface area (Å²) in [6.45, 7) is 8.05. The Labute approximate surface area is 263 Å². The molecule has 0 aliphatic carbocycles. The fraction of sp³-hybridized carbons (Fsp3) is 0.324. The molecule has 4 heterocycles. The summed E-state index contributed by atoms with van der Waals surface area (Å²) >= 11 is 5.88. The Bertz CT molecular complexity index is 1620. The minimum atomic E-state index is -0.168. The van der Waals surface area contributed by atoms with Gasteiger partial charge in [-0.05, 0) is 86.2 Å². The zero-order valence-electron chi connectivity index (χ0n) is 25.3. The van der Waals surface area contributed by atoms with Gasteiger partial charge in [0.05, 0.1) is 43.8 Å². The van der Waals surface area contributed by atoms with Crippen LogP contribution in [0, 0.1) is 13.8 Å². The number of hydrogen-bond donors (Lipinski definition) is 2. The van der Waals surface area contributed by atoms with Gasteiger partial charge in [0.2, 0.25) is 5.91 Å². The molecule has 2 atom stereocenters. The molecule has 4 aromatic rings. The van der Waals surface area contributed by atoms with Crippen LogP contribution in [0.15, 0.2) is 79.0 Å². The van der Waals surface area contributed by atoms with Crippen LogP contribution < -0.4 is 20.3 Å². The van der Waals surface area contributed by atoms with Gasteiger partial charge in [-0.1, -0.05) is 18.2 Å². The van der Waals surface area contributed by atoms with Crippen LogP contribution in [0.5, 0.6) is 5.75 Å². The number of methoxy groups -OCH3 is 1. The Morgan fingerprint density at radius 1 is 1.05 bits per heavy atom. The lowest BCUT2D eigenvalue weighted by Gasteiger charge is -2.29. The van der Waals surface area contributed by atoms with Crippen molar-refractivity contribution >= 4 is 34.6 Å². The van der Waals surface area contributed by atoms with Crippen molar-refractivity contribution in [2.75, 3.05) is 50.2 Å². The third-order valence-corrected chi connectivity index (χ3v) is 8.78. The quantitative estimate of drug-likeness (QED) is 0.246. The molecular weight excluding hydrogens is 572 g/mol. The molecule has 0 bridgehead atoms. The molecule has 2 saturated heterocycles. The number of morpholine rings is 1. The third kappa shape index (κ3) is 6.00. The summed E-state index contributed by atoms with van der Waals surface area (Å²) in [5.41, 5.74) is 7.26. The van der Waals surface area contributed by atoms with Gasteiger partial charge in [-0.2, -0.15) is 0 Å². The molecule has 0 radical (unpaired) electrons. The molecule has 6 rings (SSSR count). The normalized spacial score (nSPS) is 18.3. The number of hydrogen-bond acceptors (Lipinski definition) is 6. The van der Waals surface area contributed by atoms with Crippen LogP contribution in [-0.4, -0.2) is 65.4 Å². The van der Waals surface area contributed by atoms with Crippen LogP contribution in [0.1, 0.15) is 41.1 Å². The summed E-state index contributed by atoms with van der Waals surface area (Å²) in [6, 6.07) is 24.0. The van der Waals surface area contributed by atoms with E-state index in [9.17, 15) is 4.79 Å². The van der Waals surface area contributed by atoms with Gasteiger partial charge in [0.1, 0.15) is 5.75 Å². The van der Waals surface area contributed by atoms with Gasteiger partial charge in [0.25, 0.3) is 0 Å². The number of benzene rings is 2. The van der Waals surface area contributed by atoms with Gasteiger partial charge in [-0.25, -0.2) is 0 Å². The summed E-state index contributed by atoms with van der Waals surface area (Å²) in [6.07, 6.45) is 2.06. The number of thiocarbonyl (C=S) groups is 1. The first-order valence-electron chi connectivity index (χ1n) is 15.0. The minimum Gasteiger partial charge on any atom is -0.495 e. The van der Waals surface area contributed by atoms with E-state index in [1.165, 1.54) is 5.69 Å². The lowest BCUT2D eigenvalue weighted by atomic mass is 9.96. The number of carbonyl (C=O) groups excluding carboxylic acids is 1. The molecule has 228 valence electrons. The van der Waals surface area contributed by atoms with E-state index < -0.39 is 0 Å². The number of aromatic nitrogens is 2. The molecule has 44 heavy (non-hydrogen) atoms. The SMILES string of the molecule is COc1ccccc1NC(=O)CCN1C(=S)NC(c2ccccn2)C1c1cc(C)n(-c2ccc(N3CCOCC3)cc2)c1C. The number of rotatable bonds is 9. The van der Waals surface area contributed by atoms with Crippen molar-refractivity contribution in [3.63, 3.8) is 0 Å². The largest absolute Gasteiger partial charge is 0.495 e. The molecule has 10 heteroatoms. The molecule has 2 aromatic heterocycles. The second-order valence-electron chi connectivity index (χ2n) is 11.1. The van der Waals surface area contributed by atoms with E-state index >= 15 is 0 Å². The second-order valence-corrected chi connectivity index (χ2v) is 11.5. The average molecular weight is 611 g/mol. The number of carbonyl (C=O) groups is 1. The molecule has 2 aliphatic heterocycles. The first-order chi connectivity index (χ1) is 21.4. The average Bonchev–Trinajstić information content (AvgIpc) is 3.54. The van der Waals surface area contributed by atoms with Crippen LogP contribution >= 0.6 is 12.2 Å². The molecule has 2 fully saturated rings. The first kappa shape index (κ1) is 29.7. The maximum atomic E-state index is 13.1. The van der Waals surface area contributed by atoms with Crippen molar-refractivity contribution < 1.29 is 14.3 Å². The van der Waals surface area contributed by atoms with E-state index in [-0.39, 0.29) is 24.4 Å². The molecule has 9 nitrogen and oxygen atoms in total. The molecule has 1 amide bonds. The maximum absolute atomic E-state index is 13.1. The van der Waals surface area contributed by atoms with Gasteiger partial charge in [0.15, 0.2) is 5.11 Å². The number of aryl methyl sites for hydroxylation is 1. The van der Waals surface area contributed by atoms with E-state index in [0.717, 1.165) is 54.6 Å². The number of amides is 1. The molecule has 2 aromatic carbocycles. The van der Waals surface area contributed by atoms with Crippen LogP contribution in [-0.2, 0) is 9.53 Å². The summed E-state index contributed by atoms with van der Waals surface area (Å²) in [5.74, 6) is 0.515. The highest BCUT2D eigenvalue weighted by Gasteiger charge is 2.41. The monoisotopic (exact) mass is 610 g/mol.